The molecule has 0 spiro atoms. The summed E-state index contributed by atoms with van der Waals surface area (Å²) in [5, 5.41) is 2.94. The second-order valence-corrected chi connectivity index (χ2v) is 4.84. The molecule has 1 aromatic heterocycles. The van der Waals surface area contributed by atoms with Crippen LogP contribution >= 0.6 is 0 Å². The lowest BCUT2D eigenvalue weighted by atomic mass is 10.0. The standard InChI is InChI=1S/C15H20N4O/c1-12(4-3-7-16)15(20)18-13-5-2-6-14(10-13)19-9-8-17-11-19/h2,5-6,8-12H,3-4,7,16H2,1H3,(H,18,20). The number of hydrogen-bond acceptors (Lipinski definition) is 3. The second-order valence-electron chi connectivity index (χ2n) is 4.84. The molecule has 0 aliphatic rings. The topological polar surface area (TPSA) is 72.9 Å². The molecular weight excluding hydrogens is 252 g/mol. The molecule has 0 fully saturated rings. The third-order valence-corrected chi connectivity index (χ3v) is 3.21. The van der Waals surface area contributed by atoms with Gasteiger partial charge in [-0.05, 0) is 37.6 Å². The number of nitrogens with two attached hydrogens (primary N) is 1. The Labute approximate surface area is 118 Å². The molecule has 0 aliphatic heterocycles. The Morgan fingerprint density at radius 3 is 3.05 bits per heavy atom. The monoisotopic (exact) mass is 272 g/mol. The Balaban J connectivity index is 2.03. The average Bonchev–Trinajstić information content (AvgIpc) is 2.99. The van der Waals surface area contributed by atoms with Crippen LogP contribution in [0.15, 0.2) is 43.0 Å². The van der Waals surface area contributed by atoms with Crippen LogP contribution in [-0.2, 0) is 4.79 Å². The van der Waals surface area contributed by atoms with Crippen molar-refractivity contribution in [2.45, 2.75) is 19.8 Å². The van der Waals surface area contributed by atoms with Crippen LogP contribution in [0.1, 0.15) is 19.8 Å². The Morgan fingerprint density at radius 1 is 1.50 bits per heavy atom. The molecule has 1 aromatic carbocycles. The smallest absolute Gasteiger partial charge is 0.227 e. The van der Waals surface area contributed by atoms with Crippen LogP contribution in [0.4, 0.5) is 5.69 Å². The number of rotatable bonds is 6. The van der Waals surface area contributed by atoms with Crippen LogP contribution < -0.4 is 11.1 Å². The van der Waals surface area contributed by atoms with E-state index in [1.165, 1.54) is 0 Å². The predicted molar refractivity (Wildman–Crippen MR) is 79.6 cm³/mol. The van der Waals surface area contributed by atoms with Gasteiger partial charge in [-0.1, -0.05) is 13.0 Å². The van der Waals surface area contributed by atoms with Gasteiger partial charge in [0.15, 0.2) is 0 Å². The van der Waals surface area contributed by atoms with Crippen molar-refractivity contribution in [3.8, 4) is 5.69 Å². The van der Waals surface area contributed by atoms with Crippen molar-refractivity contribution >= 4 is 11.6 Å². The molecule has 2 aromatic rings. The molecule has 1 amide bonds. The molecule has 0 radical (unpaired) electrons. The van der Waals surface area contributed by atoms with E-state index < -0.39 is 0 Å². The number of hydrogen-bond donors (Lipinski definition) is 2. The first-order chi connectivity index (χ1) is 9.70. The highest BCUT2D eigenvalue weighted by molar-refractivity contribution is 5.92. The fourth-order valence-corrected chi connectivity index (χ4v) is 1.98. The average molecular weight is 272 g/mol. The molecule has 0 aliphatic carbocycles. The lowest BCUT2D eigenvalue weighted by Crippen LogP contribution is -2.21. The normalized spacial score (nSPS) is 12.1. The highest BCUT2D eigenvalue weighted by Gasteiger charge is 2.12. The zero-order valence-corrected chi connectivity index (χ0v) is 11.6. The van der Waals surface area contributed by atoms with E-state index in [1.807, 2.05) is 42.0 Å². The Morgan fingerprint density at radius 2 is 2.35 bits per heavy atom. The van der Waals surface area contributed by atoms with E-state index in [4.69, 9.17) is 5.73 Å². The van der Waals surface area contributed by atoms with Gasteiger partial charge in [-0.25, -0.2) is 4.98 Å². The first-order valence-corrected chi connectivity index (χ1v) is 6.80. The molecule has 0 saturated heterocycles. The number of carbonyl (C=O) groups is 1. The van der Waals surface area contributed by atoms with E-state index >= 15 is 0 Å². The second kappa shape index (κ2) is 6.86. The molecule has 1 heterocycles. The Hall–Kier alpha value is -2.14. The molecule has 20 heavy (non-hydrogen) atoms. The molecule has 1 unspecified atom stereocenters. The van der Waals surface area contributed by atoms with Gasteiger partial charge in [0.2, 0.25) is 5.91 Å². The molecule has 5 heteroatoms. The van der Waals surface area contributed by atoms with Gasteiger partial charge in [0.25, 0.3) is 0 Å². The van der Waals surface area contributed by atoms with Gasteiger partial charge < -0.3 is 15.6 Å². The lowest BCUT2D eigenvalue weighted by Gasteiger charge is -2.12. The number of nitrogens with zero attached hydrogens (tertiary/aromatic N) is 2. The number of nitrogens with one attached hydrogen (secondary N) is 1. The van der Waals surface area contributed by atoms with Gasteiger partial charge in [-0.15, -0.1) is 0 Å². The number of anilines is 1. The summed E-state index contributed by atoms with van der Waals surface area (Å²) in [6, 6.07) is 7.69. The fourth-order valence-electron chi connectivity index (χ4n) is 1.98. The van der Waals surface area contributed by atoms with Gasteiger partial charge in [-0.2, -0.15) is 0 Å². The molecule has 3 N–H and O–H groups in total. The minimum atomic E-state index is -0.0320. The lowest BCUT2D eigenvalue weighted by molar-refractivity contribution is -0.119. The van der Waals surface area contributed by atoms with Crippen LogP contribution in [-0.4, -0.2) is 22.0 Å². The number of benzene rings is 1. The summed E-state index contributed by atoms with van der Waals surface area (Å²) in [6.45, 7) is 2.54. The van der Waals surface area contributed by atoms with Gasteiger partial charge in [0, 0.05) is 29.7 Å². The Bertz CT molecular complexity index is 551. The maximum atomic E-state index is 12.0. The van der Waals surface area contributed by atoms with Crippen molar-refractivity contribution in [1.82, 2.24) is 9.55 Å². The summed E-state index contributed by atoms with van der Waals surface area (Å²) in [6.07, 6.45) is 6.99. The van der Waals surface area contributed by atoms with Crippen LogP contribution in [0, 0.1) is 5.92 Å². The van der Waals surface area contributed by atoms with Crippen molar-refractivity contribution in [2.75, 3.05) is 11.9 Å². The van der Waals surface area contributed by atoms with Gasteiger partial charge in [0.1, 0.15) is 0 Å². The SMILES string of the molecule is CC(CCCN)C(=O)Nc1cccc(-n2ccnc2)c1. The van der Waals surface area contributed by atoms with Crippen molar-refractivity contribution < 1.29 is 4.79 Å². The summed E-state index contributed by atoms with van der Waals surface area (Å²) in [7, 11) is 0. The fraction of sp³-hybridized carbons (Fsp3) is 0.333. The van der Waals surface area contributed by atoms with Crippen molar-refractivity contribution in [3.05, 3.63) is 43.0 Å². The van der Waals surface area contributed by atoms with Gasteiger partial charge in [-0.3, -0.25) is 4.79 Å². The summed E-state index contributed by atoms with van der Waals surface area (Å²) < 4.78 is 1.90. The molecule has 2 rings (SSSR count). The molecular formula is C15H20N4O. The summed E-state index contributed by atoms with van der Waals surface area (Å²) >= 11 is 0. The minimum Gasteiger partial charge on any atom is -0.330 e. The largest absolute Gasteiger partial charge is 0.330 e. The van der Waals surface area contributed by atoms with Crippen LogP contribution in [0.2, 0.25) is 0 Å². The quantitative estimate of drug-likeness (QED) is 0.846. The number of imidazole rings is 1. The third-order valence-electron chi connectivity index (χ3n) is 3.21. The van der Waals surface area contributed by atoms with Gasteiger partial charge in [0.05, 0.1) is 6.33 Å². The zero-order chi connectivity index (χ0) is 14.4. The third kappa shape index (κ3) is 3.68. The van der Waals surface area contributed by atoms with E-state index in [2.05, 4.69) is 10.3 Å². The molecule has 106 valence electrons. The number of aromatic nitrogens is 2. The summed E-state index contributed by atoms with van der Waals surface area (Å²) in [4.78, 5) is 16.1. The van der Waals surface area contributed by atoms with Crippen LogP contribution in [0.5, 0.6) is 0 Å². The van der Waals surface area contributed by atoms with Crippen LogP contribution in [0.3, 0.4) is 0 Å². The summed E-state index contributed by atoms with van der Waals surface area (Å²) in [5.74, 6) is -0.00307. The summed E-state index contributed by atoms with van der Waals surface area (Å²) in [5.41, 5.74) is 7.22. The van der Waals surface area contributed by atoms with Crippen LogP contribution in [0.25, 0.3) is 5.69 Å². The maximum Gasteiger partial charge on any atom is 0.227 e. The number of amides is 1. The van der Waals surface area contributed by atoms with Crippen molar-refractivity contribution in [1.29, 1.82) is 0 Å². The first kappa shape index (κ1) is 14.3. The van der Waals surface area contributed by atoms with E-state index in [0.717, 1.165) is 24.2 Å². The van der Waals surface area contributed by atoms with Crippen molar-refractivity contribution in [3.63, 3.8) is 0 Å². The molecule has 0 saturated carbocycles. The van der Waals surface area contributed by atoms with E-state index in [9.17, 15) is 4.79 Å². The maximum absolute atomic E-state index is 12.0. The zero-order valence-electron chi connectivity index (χ0n) is 11.6. The minimum absolute atomic E-state index is 0.0289. The highest BCUT2D eigenvalue weighted by atomic mass is 16.1. The Kier molecular flexibility index (Phi) is 4.90. The highest BCUT2D eigenvalue weighted by Crippen LogP contribution is 2.16. The molecule has 0 bridgehead atoms. The molecule has 5 nitrogen and oxygen atoms in total. The van der Waals surface area contributed by atoms with E-state index in [1.54, 1.807) is 12.5 Å². The van der Waals surface area contributed by atoms with Crippen molar-refractivity contribution in [2.24, 2.45) is 11.7 Å². The van der Waals surface area contributed by atoms with Gasteiger partial charge >= 0.3 is 0 Å². The number of carbonyl (C=O) groups excluding carboxylic acids is 1. The predicted octanol–water partition coefficient (Wildman–Crippen LogP) is 2.19. The van der Waals surface area contributed by atoms with E-state index in [0.29, 0.717) is 6.54 Å². The van der Waals surface area contributed by atoms with E-state index in [-0.39, 0.29) is 11.8 Å². The first-order valence-electron chi connectivity index (χ1n) is 6.80. The molecule has 1 atom stereocenters.